The number of hydrogen-bond donors (Lipinski definition) is 1. The van der Waals surface area contributed by atoms with Crippen LogP contribution in [0.1, 0.15) is 5.69 Å². The van der Waals surface area contributed by atoms with E-state index in [1.54, 1.807) is 16.7 Å². The molecular formula is C15H10F2N2OS2. The number of rotatable bonds is 4. The number of nitrogens with one attached hydrogen (secondary N) is 1. The Bertz CT molecular complexity index is 800. The van der Waals surface area contributed by atoms with Gasteiger partial charge in [-0.25, -0.2) is 13.8 Å². The number of benzene rings is 1. The summed E-state index contributed by atoms with van der Waals surface area (Å²) < 4.78 is 26.5. The first kappa shape index (κ1) is 14.8. The van der Waals surface area contributed by atoms with Gasteiger partial charge < -0.3 is 5.32 Å². The average molecular weight is 336 g/mol. The Hall–Kier alpha value is -2.12. The van der Waals surface area contributed by atoms with E-state index < -0.39 is 17.5 Å². The monoisotopic (exact) mass is 336 g/mol. The van der Waals surface area contributed by atoms with Gasteiger partial charge in [0.05, 0.1) is 17.8 Å². The van der Waals surface area contributed by atoms with Crippen LogP contribution in [0.3, 0.4) is 0 Å². The summed E-state index contributed by atoms with van der Waals surface area (Å²) in [5.41, 5.74) is 1.44. The van der Waals surface area contributed by atoms with Crippen LogP contribution in [-0.4, -0.2) is 10.9 Å². The molecule has 0 saturated heterocycles. The maximum absolute atomic E-state index is 13.5. The highest BCUT2D eigenvalue weighted by atomic mass is 32.1. The molecule has 3 nitrogen and oxygen atoms in total. The smallest absolute Gasteiger partial charge is 0.230 e. The van der Waals surface area contributed by atoms with Crippen LogP contribution < -0.4 is 5.32 Å². The first-order chi connectivity index (χ1) is 10.6. The molecule has 0 fully saturated rings. The maximum Gasteiger partial charge on any atom is 0.230 e. The molecule has 1 N–H and O–H groups in total. The summed E-state index contributed by atoms with van der Waals surface area (Å²) >= 11 is 3.02. The fourth-order valence-electron chi connectivity index (χ4n) is 1.86. The third kappa shape index (κ3) is 3.37. The molecule has 2 heterocycles. The number of carbonyl (C=O) groups is 1. The van der Waals surface area contributed by atoms with Crippen molar-refractivity contribution in [2.75, 3.05) is 5.32 Å². The van der Waals surface area contributed by atoms with Gasteiger partial charge >= 0.3 is 0 Å². The molecule has 0 radical (unpaired) electrons. The molecular weight excluding hydrogens is 326 g/mol. The third-order valence-electron chi connectivity index (χ3n) is 2.86. The minimum absolute atomic E-state index is 0.0105. The van der Waals surface area contributed by atoms with Gasteiger partial charge in [-0.05, 0) is 23.6 Å². The van der Waals surface area contributed by atoms with Gasteiger partial charge in [-0.1, -0.05) is 0 Å². The molecule has 3 aromatic rings. The molecule has 2 aromatic heterocycles. The molecule has 0 aliphatic heterocycles. The lowest BCUT2D eigenvalue weighted by atomic mass is 10.2. The first-order valence-corrected chi connectivity index (χ1v) is 8.16. The van der Waals surface area contributed by atoms with Crippen LogP contribution in [0.15, 0.2) is 40.4 Å². The Morgan fingerprint density at radius 3 is 2.86 bits per heavy atom. The van der Waals surface area contributed by atoms with Gasteiger partial charge in [0.25, 0.3) is 0 Å². The van der Waals surface area contributed by atoms with Crippen molar-refractivity contribution in [1.29, 1.82) is 0 Å². The Morgan fingerprint density at radius 1 is 1.23 bits per heavy atom. The Balaban J connectivity index is 1.68. The van der Waals surface area contributed by atoms with Gasteiger partial charge in [0.15, 0.2) is 0 Å². The number of anilines is 1. The highest BCUT2D eigenvalue weighted by molar-refractivity contribution is 7.14. The van der Waals surface area contributed by atoms with E-state index in [2.05, 4.69) is 10.3 Å². The van der Waals surface area contributed by atoms with Crippen molar-refractivity contribution in [1.82, 2.24) is 4.98 Å². The molecule has 0 saturated carbocycles. The zero-order valence-electron chi connectivity index (χ0n) is 11.2. The van der Waals surface area contributed by atoms with E-state index in [9.17, 15) is 13.6 Å². The summed E-state index contributed by atoms with van der Waals surface area (Å²) in [6.07, 6.45) is 0.0105. The molecule has 0 aliphatic carbocycles. The fourth-order valence-corrected chi connectivity index (χ4v) is 3.39. The lowest BCUT2D eigenvalue weighted by Gasteiger charge is -2.05. The van der Waals surface area contributed by atoms with Crippen molar-refractivity contribution in [3.8, 4) is 10.6 Å². The van der Waals surface area contributed by atoms with Crippen LogP contribution in [0.5, 0.6) is 0 Å². The lowest BCUT2D eigenvalue weighted by Crippen LogP contribution is -2.15. The first-order valence-electron chi connectivity index (χ1n) is 6.34. The predicted octanol–water partition coefficient (Wildman–Crippen LogP) is 4.33. The topological polar surface area (TPSA) is 42.0 Å². The molecule has 0 spiro atoms. The van der Waals surface area contributed by atoms with Crippen molar-refractivity contribution in [3.63, 3.8) is 0 Å². The van der Waals surface area contributed by atoms with Crippen LogP contribution in [0, 0.1) is 11.6 Å². The molecule has 7 heteroatoms. The molecule has 0 unspecified atom stereocenters. The van der Waals surface area contributed by atoms with Crippen LogP contribution in [0.25, 0.3) is 10.6 Å². The number of carbonyl (C=O) groups excluding carboxylic acids is 1. The Morgan fingerprint density at radius 2 is 2.09 bits per heavy atom. The average Bonchev–Trinajstić information content (AvgIpc) is 3.13. The van der Waals surface area contributed by atoms with Gasteiger partial charge in [-0.3, -0.25) is 4.79 Å². The van der Waals surface area contributed by atoms with Gasteiger partial charge in [0.2, 0.25) is 5.91 Å². The SMILES string of the molecule is O=C(Cc1csc(-c2ccsc2)n1)Nc1cc(F)ccc1F. The molecule has 22 heavy (non-hydrogen) atoms. The molecule has 0 atom stereocenters. The van der Waals surface area contributed by atoms with Crippen molar-refractivity contribution in [3.05, 3.63) is 57.7 Å². The second kappa shape index (κ2) is 6.33. The second-order valence-electron chi connectivity index (χ2n) is 4.51. The highest BCUT2D eigenvalue weighted by Crippen LogP contribution is 2.26. The molecule has 0 aliphatic rings. The van der Waals surface area contributed by atoms with E-state index in [0.717, 1.165) is 28.8 Å². The number of nitrogens with zero attached hydrogens (tertiary/aromatic N) is 1. The largest absolute Gasteiger partial charge is 0.323 e. The van der Waals surface area contributed by atoms with E-state index in [1.165, 1.54) is 11.3 Å². The van der Waals surface area contributed by atoms with Gasteiger partial charge in [0, 0.05) is 22.4 Å². The van der Waals surface area contributed by atoms with Crippen LogP contribution >= 0.6 is 22.7 Å². The molecule has 1 aromatic carbocycles. The predicted molar refractivity (Wildman–Crippen MR) is 84.1 cm³/mol. The second-order valence-corrected chi connectivity index (χ2v) is 6.14. The van der Waals surface area contributed by atoms with E-state index >= 15 is 0 Å². The summed E-state index contributed by atoms with van der Waals surface area (Å²) in [7, 11) is 0. The van der Waals surface area contributed by atoms with Gasteiger partial charge in [-0.15, -0.1) is 11.3 Å². The normalized spacial score (nSPS) is 10.6. The number of amides is 1. The fraction of sp³-hybridized carbons (Fsp3) is 0.0667. The molecule has 112 valence electrons. The van der Waals surface area contributed by atoms with Crippen molar-refractivity contribution < 1.29 is 13.6 Å². The van der Waals surface area contributed by atoms with Crippen molar-refractivity contribution >= 4 is 34.3 Å². The summed E-state index contributed by atoms with van der Waals surface area (Å²) in [6, 6.07) is 4.88. The standard InChI is InChI=1S/C15H10F2N2OS2/c16-10-1-2-12(17)13(5-10)19-14(20)6-11-8-22-15(18-11)9-3-4-21-7-9/h1-5,7-8H,6H2,(H,19,20). The minimum Gasteiger partial charge on any atom is -0.323 e. The minimum atomic E-state index is -0.674. The van der Waals surface area contributed by atoms with E-state index in [0.29, 0.717) is 5.69 Å². The van der Waals surface area contributed by atoms with Crippen molar-refractivity contribution in [2.45, 2.75) is 6.42 Å². The number of aromatic nitrogens is 1. The summed E-state index contributed by atoms with van der Waals surface area (Å²) in [6.45, 7) is 0. The highest BCUT2D eigenvalue weighted by Gasteiger charge is 2.12. The zero-order chi connectivity index (χ0) is 15.5. The summed E-state index contributed by atoms with van der Waals surface area (Å²) in [4.78, 5) is 16.3. The number of halogens is 2. The molecule has 1 amide bonds. The number of hydrogen-bond acceptors (Lipinski definition) is 4. The molecule has 0 bridgehead atoms. The van der Waals surface area contributed by atoms with E-state index in [4.69, 9.17) is 0 Å². The third-order valence-corrected chi connectivity index (χ3v) is 4.49. The van der Waals surface area contributed by atoms with E-state index in [1.807, 2.05) is 16.8 Å². The molecule has 3 rings (SSSR count). The zero-order valence-corrected chi connectivity index (χ0v) is 12.8. The lowest BCUT2D eigenvalue weighted by molar-refractivity contribution is -0.115. The Labute approximate surface area is 133 Å². The number of thiazole rings is 1. The van der Waals surface area contributed by atoms with Gasteiger partial charge in [-0.2, -0.15) is 11.3 Å². The van der Waals surface area contributed by atoms with Gasteiger partial charge in [0.1, 0.15) is 16.6 Å². The van der Waals surface area contributed by atoms with E-state index in [-0.39, 0.29) is 12.1 Å². The summed E-state index contributed by atoms with van der Waals surface area (Å²) in [5.74, 6) is -1.72. The summed E-state index contributed by atoms with van der Waals surface area (Å²) in [5, 5.41) is 8.91. The quantitative estimate of drug-likeness (QED) is 0.770. The number of thiophene rings is 1. The van der Waals surface area contributed by atoms with Crippen LogP contribution in [0.2, 0.25) is 0 Å². The van der Waals surface area contributed by atoms with Crippen molar-refractivity contribution in [2.24, 2.45) is 0 Å². The van der Waals surface area contributed by atoms with Crippen LogP contribution in [0.4, 0.5) is 14.5 Å². The Kier molecular flexibility index (Phi) is 4.26. The maximum atomic E-state index is 13.5. The van der Waals surface area contributed by atoms with Crippen LogP contribution in [-0.2, 0) is 11.2 Å².